The smallest absolute Gasteiger partial charge is 0.217 e. The molecule has 24 N–H and O–H groups in total. The molecule has 3 amide bonds. The number of rotatable bonds is 23. The van der Waals surface area contributed by atoms with Gasteiger partial charge in [0.2, 0.25) is 17.7 Å². The molecule has 0 aromatic rings. The van der Waals surface area contributed by atoms with E-state index in [2.05, 4.69) is 16.0 Å². The predicted molar refractivity (Wildman–Crippen MR) is 296 cm³/mol. The molecule has 8 fully saturated rings. The van der Waals surface area contributed by atoms with Crippen LogP contribution in [0.2, 0.25) is 0 Å². The van der Waals surface area contributed by atoms with Gasteiger partial charge in [0.05, 0.1) is 51.8 Å². The molecule has 8 rings (SSSR count). The minimum absolute atomic E-state index is 0.760. The lowest BCUT2D eigenvalue weighted by Crippen LogP contribution is -2.70. The zero-order chi connectivity index (χ0) is 70.8. The van der Waals surface area contributed by atoms with Gasteiger partial charge in [0, 0.05) is 20.8 Å². The summed E-state index contributed by atoms with van der Waals surface area (Å²) in [7, 11) is 0. The summed E-state index contributed by atoms with van der Waals surface area (Å²) in [5, 5.41) is 237. The van der Waals surface area contributed by atoms with Crippen LogP contribution in [0.5, 0.6) is 0 Å². The highest BCUT2D eigenvalue weighted by molar-refractivity contribution is 5.74. The van der Waals surface area contributed by atoms with E-state index >= 15 is 0 Å². The summed E-state index contributed by atoms with van der Waals surface area (Å²) in [6, 6.07) is -5.28. The zero-order valence-electron chi connectivity index (χ0n) is 52.1. The Morgan fingerprint density at radius 3 is 1.20 bits per heavy atom. The fraction of sp³-hybridized carbons (Fsp3) is 0.944. The van der Waals surface area contributed by atoms with E-state index in [-0.39, 0.29) is 0 Å². The van der Waals surface area contributed by atoms with E-state index in [4.69, 9.17) is 71.1 Å². The molecule has 0 saturated carbocycles. The maximum atomic E-state index is 13.2. The summed E-state index contributed by atoms with van der Waals surface area (Å²) < 4.78 is 88.3. The van der Waals surface area contributed by atoms with Crippen molar-refractivity contribution in [3.05, 3.63) is 0 Å². The molecule has 96 heavy (non-hydrogen) atoms. The Morgan fingerprint density at radius 1 is 0.292 bits per heavy atom. The number of hydrogen-bond donors (Lipinski definition) is 24. The summed E-state index contributed by atoms with van der Waals surface area (Å²) in [6.45, 7) is -0.554. The van der Waals surface area contributed by atoms with Crippen LogP contribution in [0.1, 0.15) is 34.6 Å². The van der Waals surface area contributed by atoms with Gasteiger partial charge in [-0.2, -0.15) is 0 Å². The van der Waals surface area contributed by atoms with Crippen LogP contribution in [-0.4, -0.2) is 410 Å². The minimum Gasteiger partial charge on any atom is -0.394 e. The van der Waals surface area contributed by atoms with Crippen molar-refractivity contribution in [2.75, 3.05) is 39.6 Å². The standard InChI is InChI=1S/C54H91N3O39/c1-12-26(66)33(73)37(77)50(83-12)94-44-25(57-16(5)65)48(88-21(10-62)42(44)92-54-46(36(76)28(68)17(6-58)87-54)96-51-38(78)34(74)27(67)13(2)84-51)82-11-22-29(69)35(75)39(79)52(90-22)91-41-20(9-61)89-49(23(32(41)72)55-14(3)63)95-45-31(71)19(8-60)86-53(40(45)80)93-43-24(56-15(4)64)47(81)85-18(7-59)30(43)70/h12-13,17-54,58-62,66-81H,6-11H2,1-5H3,(H,55,63)(H,56,64)(H,57,65)/t12-,13-,17+,18+,19+,20+,21+,22+,23+,24+,25+,26+,27+,28-,29-,30-,31-,32+,33+,34+,35-,36-,37-,38-,39+,40+,41+,42+,43+,44+,45-,46+,47?,48+,49-,50-,51-,52-,53-,54-/m0/s1. The Morgan fingerprint density at radius 2 is 0.656 bits per heavy atom. The van der Waals surface area contributed by atoms with Gasteiger partial charge in [-0.25, -0.2) is 0 Å². The number of amides is 3. The number of carbonyl (C=O) groups excluding carboxylic acids is 3. The van der Waals surface area contributed by atoms with Crippen molar-refractivity contribution in [1.82, 2.24) is 16.0 Å². The third kappa shape index (κ3) is 17.0. The van der Waals surface area contributed by atoms with E-state index in [0.29, 0.717) is 0 Å². The number of aliphatic hydroxyl groups excluding tert-OH is 21. The van der Waals surface area contributed by atoms with Gasteiger partial charge in [0.25, 0.3) is 0 Å². The molecule has 40 atom stereocenters. The topological polar surface area (TPSA) is 651 Å². The minimum atomic E-state index is -2.26. The van der Waals surface area contributed by atoms with Crippen LogP contribution in [0.25, 0.3) is 0 Å². The Hall–Kier alpha value is -3.03. The van der Waals surface area contributed by atoms with Crippen LogP contribution in [-0.2, 0) is 85.4 Å². The molecule has 8 heterocycles. The number of carbonyl (C=O) groups is 3. The molecule has 8 saturated heterocycles. The quantitative estimate of drug-likeness (QED) is 0.0452. The lowest BCUT2D eigenvalue weighted by atomic mass is 9.94. The van der Waals surface area contributed by atoms with Crippen LogP contribution in [0.4, 0.5) is 0 Å². The number of nitrogens with one attached hydrogen (secondary N) is 3. The number of ether oxygens (including phenoxy) is 15. The first-order valence-electron chi connectivity index (χ1n) is 30.8. The normalized spacial score (nSPS) is 50.3. The molecular weight excluding hydrogens is 1310 g/mol. The second-order valence-electron chi connectivity index (χ2n) is 24.6. The van der Waals surface area contributed by atoms with Crippen molar-refractivity contribution in [3.8, 4) is 0 Å². The predicted octanol–water partition coefficient (Wildman–Crippen LogP) is -16.0. The SMILES string of the molecule is CC(=O)N[C@H]1[C@H](O[C@H]2[C@@H](O)[C@@H](CO)O[C@@H](O[C@H]3[C@@H](O)[C@@H](CO)OC(O)[C@@H]3NC(C)=O)[C@@H]2O)O[C@H](CO)[C@@H](O[C@@H]2O[C@H](CO[C@@H]3O[C@H](CO)[C@@H](O[C@@H]4O[C@H](CO)[C@H](O)[C@H](O)[C@H]4O[C@@H]4O[C@@H](C)[C@@H](O)[C@@H](O)[C@@H]4O)[C@H](O[C@@H]4O[C@@H](C)[C@@H](O)[C@@H](O)[C@@H]4O)[C@H]3NC(C)=O)[C@H](O)[C@H](O)[C@H]2O)[C@@H]1O. The first-order valence-corrected chi connectivity index (χ1v) is 30.8. The Labute approximate surface area is 545 Å². The fourth-order valence-corrected chi connectivity index (χ4v) is 12.5. The molecule has 0 radical (unpaired) electrons. The summed E-state index contributed by atoms with van der Waals surface area (Å²) in [4.78, 5) is 38.2. The highest BCUT2D eigenvalue weighted by atomic mass is 16.8. The average Bonchev–Trinajstić information content (AvgIpc) is 0.772. The maximum Gasteiger partial charge on any atom is 0.217 e. The van der Waals surface area contributed by atoms with E-state index in [1.807, 2.05) is 0 Å². The van der Waals surface area contributed by atoms with Gasteiger partial charge in [-0.3, -0.25) is 14.4 Å². The van der Waals surface area contributed by atoms with Gasteiger partial charge in [0.1, 0.15) is 183 Å². The molecule has 8 aliphatic rings. The van der Waals surface area contributed by atoms with Crippen molar-refractivity contribution in [1.29, 1.82) is 0 Å². The van der Waals surface area contributed by atoms with E-state index < -0.39 is 303 Å². The number of hydrogen-bond acceptors (Lipinski definition) is 39. The Kier molecular flexibility index (Phi) is 27.7. The first kappa shape index (κ1) is 78.7. The summed E-state index contributed by atoms with van der Waals surface area (Å²) in [5.74, 6) is -2.56. The summed E-state index contributed by atoms with van der Waals surface area (Å²) >= 11 is 0. The van der Waals surface area contributed by atoms with Gasteiger partial charge in [-0.05, 0) is 13.8 Å². The molecule has 0 bridgehead atoms. The van der Waals surface area contributed by atoms with Crippen molar-refractivity contribution >= 4 is 17.7 Å². The number of aliphatic hydroxyl groups is 21. The van der Waals surface area contributed by atoms with Crippen molar-refractivity contribution in [3.63, 3.8) is 0 Å². The molecule has 0 aromatic heterocycles. The summed E-state index contributed by atoms with van der Waals surface area (Å²) in [6.07, 6.45) is -71.1. The molecule has 0 aromatic carbocycles. The highest BCUT2D eigenvalue weighted by Crippen LogP contribution is 2.39. The lowest BCUT2D eigenvalue weighted by molar-refractivity contribution is -0.394. The highest BCUT2D eigenvalue weighted by Gasteiger charge is 2.60. The van der Waals surface area contributed by atoms with Gasteiger partial charge in [-0.15, -0.1) is 0 Å². The van der Waals surface area contributed by atoms with Crippen LogP contribution < -0.4 is 16.0 Å². The Bertz CT molecular complexity index is 2480. The second kappa shape index (κ2) is 33.8. The molecule has 0 aliphatic carbocycles. The molecule has 1 unspecified atom stereocenters. The zero-order valence-corrected chi connectivity index (χ0v) is 52.1. The average molecular weight is 1410 g/mol. The fourth-order valence-electron chi connectivity index (χ4n) is 12.5. The van der Waals surface area contributed by atoms with E-state index in [1.165, 1.54) is 13.8 Å². The van der Waals surface area contributed by atoms with Crippen LogP contribution in [0.15, 0.2) is 0 Å². The molecule has 556 valence electrons. The third-order valence-corrected chi connectivity index (χ3v) is 17.8. The first-order chi connectivity index (χ1) is 45.3. The monoisotopic (exact) mass is 1410 g/mol. The molecular formula is C54H91N3O39. The summed E-state index contributed by atoms with van der Waals surface area (Å²) in [5.41, 5.74) is 0. The lowest BCUT2D eigenvalue weighted by Gasteiger charge is -2.51. The van der Waals surface area contributed by atoms with Crippen molar-refractivity contribution in [2.24, 2.45) is 0 Å². The van der Waals surface area contributed by atoms with E-state index in [9.17, 15) is 122 Å². The van der Waals surface area contributed by atoms with Crippen LogP contribution in [0, 0.1) is 0 Å². The van der Waals surface area contributed by atoms with Gasteiger partial charge in [0.15, 0.2) is 50.3 Å². The third-order valence-electron chi connectivity index (χ3n) is 17.8. The molecule has 8 aliphatic heterocycles. The van der Waals surface area contributed by atoms with E-state index in [0.717, 1.165) is 20.8 Å². The molecule has 0 spiro atoms. The van der Waals surface area contributed by atoms with Crippen LogP contribution in [0.3, 0.4) is 0 Å². The van der Waals surface area contributed by atoms with Crippen molar-refractivity contribution in [2.45, 2.75) is 280 Å². The molecule has 42 heteroatoms. The largest absolute Gasteiger partial charge is 0.394 e. The van der Waals surface area contributed by atoms with Crippen LogP contribution >= 0.6 is 0 Å². The van der Waals surface area contributed by atoms with Crippen molar-refractivity contribution < 1.29 is 193 Å². The maximum absolute atomic E-state index is 13.2. The Balaban J connectivity index is 1.03. The second-order valence-corrected chi connectivity index (χ2v) is 24.6. The molecule has 42 nitrogen and oxygen atoms in total. The van der Waals surface area contributed by atoms with Gasteiger partial charge in [-0.1, -0.05) is 0 Å². The van der Waals surface area contributed by atoms with Gasteiger partial charge >= 0.3 is 0 Å². The van der Waals surface area contributed by atoms with Gasteiger partial charge < -0.3 is 194 Å². The van der Waals surface area contributed by atoms with E-state index in [1.54, 1.807) is 0 Å².